The van der Waals surface area contributed by atoms with Crippen LogP contribution in [0.15, 0.2) is 40.9 Å². The van der Waals surface area contributed by atoms with Crippen molar-refractivity contribution in [1.29, 1.82) is 0 Å². The summed E-state index contributed by atoms with van der Waals surface area (Å²) in [5, 5.41) is 0. The summed E-state index contributed by atoms with van der Waals surface area (Å²) in [6.45, 7) is 0.789. The molecule has 5 heteroatoms. The number of methoxy groups -OCH3 is 2. The van der Waals surface area contributed by atoms with Crippen LogP contribution in [-0.4, -0.2) is 14.2 Å². The summed E-state index contributed by atoms with van der Waals surface area (Å²) in [4.78, 5) is 0. The molecule has 0 heterocycles. The van der Waals surface area contributed by atoms with E-state index in [9.17, 15) is 0 Å². The lowest BCUT2D eigenvalue weighted by molar-refractivity contribution is 0.280. The molecule has 0 aliphatic heterocycles. The van der Waals surface area contributed by atoms with Gasteiger partial charge in [0.2, 0.25) is 0 Å². The second-order valence-electron chi connectivity index (χ2n) is 4.40. The average molecular weight is 352 g/mol. The smallest absolute Gasteiger partial charge is 0.166 e. The van der Waals surface area contributed by atoms with Crippen molar-refractivity contribution < 1.29 is 14.2 Å². The Labute approximate surface area is 132 Å². The van der Waals surface area contributed by atoms with Crippen LogP contribution >= 0.6 is 15.9 Å². The van der Waals surface area contributed by atoms with Crippen molar-refractivity contribution in [2.45, 2.75) is 13.2 Å². The molecule has 0 fully saturated rings. The molecule has 0 saturated heterocycles. The number of nitrogens with two attached hydrogens (primary N) is 1. The molecule has 2 N–H and O–H groups in total. The van der Waals surface area contributed by atoms with E-state index in [0.717, 1.165) is 21.3 Å². The fourth-order valence-corrected chi connectivity index (χ4v) is 2.35. The van der Waals surface area contributed by atoms with Gasteiger partial charge in [0.1, 0.15) is 12.4 Å². The predicted octanol–water partition coefficient (Wildman–Crippen LogP) is 3.50. The number of rotatable bonds is 6. The zero-order valence-corrected chi connectivity index (χ0v) is 13.6. The van der Waals surface area contributed by atoms with Crippen LogP contribution in [0.1, 0.15) is 11.1 Å². The van der Waals surface area contributed by atoms with E-state index in [-0.39, 0.29) is 0 Å². The third kappa shape index (κ3) is 3.68. The lowest BCUT2D eigenvalue weighted by Gasteiger charge is -2.15. The normalized spacial score (nSPS) is 10.3. The Hall–Kier alpha value is -1.72. The maximum atomic E-state index is 5.93. The SMILES string of the molecule is COc1ccc(Br)c(COc2c(CN)cccc2OC)c1. The number of ether oxygens (including phenoxy) is 3. The Kier molecular flexibility index (Phi) is 5.47. The van der Waals surface area contributed by atoms with Gasteiger partial charge in [0, 0.05) is 22.1 Å². The molecule has 0 atom stereocenters. The van der Waals surface area contributed by atoms with Gasteiger partial charge in [-0.25, -0.2) is 0 Å². The number of hydrogen-bond donors (Lipinski definition) is 1. The van der Waals surface area contributed by atoms with E-state index in [2.05, 4.69) is 15.9 Å². The Morgan fingerprint density at radius 1 is 1.05 bits per heavy atom. The fraction of sp³-hybridized carbons (Fsp3) is 0.250. The van der Waals surface area contributed by atoms with Crippen LogP contribution in [0.4, 0.5) is 0 Å². The predicted molar refractivity (Wildman–Crippen MR) is 85.9 cm³/mol. The third-order valence-corrected chi connectivity index (χ3v) is 3.90. The van der Waals surface area contributed by atoms with E-state index in [4.69, 9.17) is 19.9 Å². The second kappa shape index (κ2) is 7.33. The highest BCUT2D eigenvalue weighted by atomic mass is 79.9. The summed E-state index contributed by atoms with van der Waals surface area (Å²) in [6, 6.07) is 11.4. The molecule has 4 nitrogen and oxygen atoms in total. The molecular weight excluding hydrogens is 334 g/mol. The quantitative estimate of drug-likeness (QED) is 0.865. The summed E-state index contributed by atoms with van der Waals surface area (Å²) in [7, 11) is 3.25. The van der Waals surface area contributed by atoms with Gasteiger partial charge in [-0.1, -0.05) is 28.1 Å². The maximum absolute atomic E-state index is 5.93. The van der Waals surface area contributed by atoms with Gasteiger partial charge in [-0.2, -0.15) is 0 Å². The number of benzene rings is 2. The van der Waals surface area contributed by atoms with Crippen molar-refractivity contribution in [2.75, 3.05) is 14.2 Å². The molecule has 0 aromatic heterocycles. The number of halogens is 1. The molecule has 0 saturated carbocycles. The van der Waals surface area contributed by atoms with Gasteiger partial charge in [-0.05, 0) is 24.3 Å². The van der Waals surface area contributed by atoms with Crippen LogP contribution in [-0.2, 0) is 13.2 Å². The van der Waals surface area contributed by atoms with Gasteiger partial charge >= 0.3 is 0 Å². The van der Waals surface area contributed by atoms with Gasteiger partial charge in [0.05, 0.1) is 14.2 Å². The van der Waals surface area contributed by atoms with E-state index >= 15 is 0 Å². The minimum atomic E-state index is 0.394. The minimum Gasteiger partial charge on any atom is -0.497 e. The van der Waals surface area contributed by atoms with Crippen molar-refractivity contribution in [2.24, 2.45) is 5.73 Å². The average Bonchev–Trinajstić information content (AvgIpc) is 2.53. The lowest BCUT2D eigenvalue weighted by Crippen LogP contribution is -2.05. The number of para-hydroxylation sites is 1. The summed E-state index contributed by atoms with van der Waals surface area (Å²) in [6.07, 6.45) is 0. The summed E-state index contributed by atoms with van der Waals surface area (Å²) in [5.41, 5.74) is 7.65. The van der Waals surface area contributed by atoms with Crippen LogP contribution < -0.4 is 19.9 Å². The van der Waals surface area contributed by atoms with Gasteiger partial charge in [-0.3, -0.25) is 0 Å². The van der Waals surface area contributed by atoms with E-state index in [1.54, 1.807) is 14.2 Å². The van der Waals surface area contributed by atoms with Crippen LogP contribution in [0.2, 0.25) is 0 Å². The fourth-order valence-electron chi connectivity index (χ4n) is 1.99. The molecule has 0 radical (unpaired) electrons. The molecule has 0 unspecified atom stereocenters. The summed E-state index contributed by atoms with van der Waals surface area (Å²) < 4.78 is 17.5. The first-order valence-electron chi connectivity index (χ1n) is 6.50. The van der Waals surface area contributed by atoms with Gasteiger partial charge in [0.25, 0.3) is 0 Å². The summed E-state index contributed by atoms with van der Waals surface area (Å²) in [5.74, 6) is 2.14. The van der Waals surface area contributed by atoms with E-state index in [1.165, 1.54) is 0 Å². The molecule has 0 aliphatic carbocycles. The van der Waals surface area contributed by atoms with Gasteiger partial charge in [0.15, 0.2) is 11.5 Å². The largest absolute Gasteiger partial charge is 0.497 e. The highest BCUT2D eigenvalue weighted by Gasteiger charge is 2.11. The van der Waals surface area contributed by atoms with Crippen LogP contribution in [0.25, 0.3) is 0 Å². The van der Waals surface area contributed by atoms with Crippen LogP contribution in [0.3, 0.4) is 0 Å². The topological polar surface area (TPSA) is 53.7 Å². The molecule has 0 aliphatic rings. The molecule has 2 aromatic rings. The highest BCUT2D eigenvalue weighted by Crippen LogP contribution is 2.32. The van der Waals surface area contributed by atoms with Gasteiger partial charge < -0.3 is 19.9 Å². The zero-order chi connectivity index (χ0) is 15.2. The maximum Gasteiger partial charge on any atom is 0.166 e. The van der Waals surface area contributed by atoms with Crippen molar-refractivity contribution >= 4 is 15.9 Å². The zero-order valence-electron chi connectivity index (χ0n) is 12.1. The highest BCUT2D eigenvalue weighted by molar-refractivity contribution is 9.10. The number of hydrogen-bond acceptors (Lipinski definition) is 4. The lowest BCUT2D eigenvalue weighted by atomic mass is 10.2. The second-order valence-corrected chi connectivity index (χ2v) is 5.25. The molecule has 0 spiro atoms. The molecule has 21 heavy (non-hydrogen) atoms. The Morgan fingerprint density at radius 3 is 2.52 bits per heavy atom. The summed E-state index contributed by atoms with van der Waals surface area (Å²) >= 11 is 3.51. The molecule has 112 valence electrons. The van der Waals surface area contributed by atoms with Crippen LogP contribution in [0, 0.1) is 0 Å². The van der Waals surface area contributed by atoms with Crippen molar-refractivity contribution in [3.8, 4) is 17.2 Å². The first-order chi connectivity index (χ1) is 10.2. The van der Waals surface area contributed by atoms with Crippen molar-refractivity contribution in [3.63, 3.8) is 0 Å². The molecule has 0 bridgehead atoms. The Bertz CT molecular complexity index is 594. The molecular formula is C16H18BrNO3. The Balaban J connectivity index is 2.24. The minimum absolute atomic E-state index is 0.394. The van der Waals surface area contributed by atoms with E-state index in [1.807, 2.05) is 36.4 Å². The van der Waals surface area contributed by atoms with E-state index < -0.39 is 0 Å². The first-order valence-corrected chi connectivity index (χ1v) is 7.30. The molecule has 2 aromatic carbocycles. The molecule has 0 amide bonds. The molecule has 2 rings (SSSR count). The monoisotopic (exact) mass is 351 g/mol. The van der Waals surface area contributed by atoms with Crippen LogP contribution in [0.5, 0.6) is 17.2 Å². The first kappa shape index (κ1) is 15.7. The van der Waals surface area contributed by atoms with Gasteiger partial charge in [-0.15, -0.1) is 0 Å². The third-order valence-electron chi connectivity index (χ3n) is 3.13. The standard InChI is InChI=1S/C16H18BrNO3/c1-19-13-6-7-14(17)12(8-13)10-21-16-11(9-18)4-3-5-15(16)20-2/h3-8H,9-10,18H2,1-2H3. The van der Waals surface area contributed by atoms with Crippen molar-refractivity contribution in [3.05, 3.63) is 52.0 Å². The van der Waals surface area contributed by atoms with E-state index in [0.29, 0.717) is 24.7 Å². The van der Waals surface area contributed by atoms with Crippen molar-refractivity contribution in [1.82, 2.24) is 0 Å². The Morgan fingerprint density at radius 2 is 1.86 bits per heavy atom.